The third-order valence-corrected chi connectivity index (χ3v) is 8.82. The van der Waals surface area contributed by atoms with Crippen LogP contribution in [0.4, 0.5) is 26.7 Å². The summed E-state index contributed by atoms with van der Waals surface area (Å²) in [6, 6.07) is 16.2. The number of nitrogens with one attached hydrogen (secondary N) is 1. The molecule has 14 heteroatoms. The Hall–Kier alpha value is -3.72. The van der Waals surface area contributed by atoms with Gasteiger partial charge in [0.1, 0.15) is 29.7 Å². The van der Waals surface area contributed by atoms with E-state index in [1.807, 2.05) is 19.1 Å². The van der Waals surface area contributed by atoms with Gasteiger partial charge in [-0.25, -0.2) is 13.6 Å². The number of hydrogen-bond acceptors (Lipinski definition) is 6. The van der Waals surface area contributed by atoms with Gasteiger partial charge >= 0.3 is 12.3 Å². The summed E-state index contributed by atoms with van der Waals surface area (Å²) in [5.74, 6) is -3.33. The van der Waals surface area contributed by atoms with Crippen LogP contribution in [-0.2, 0) is 46.7 Å². The van der Waals surface area contributed by atoms with Gasteiger partial charge in [-0.1, -0.05) is 72.7 Å². The van der Waals surface area contributed by atoms with Crippen LogP contribution >= 0.6 is 0 Å². The number of carbonyl (C=O) groups excluding carboxylic acids is 2. The highest BCUT2D eigenvalue weighted by Gasteiger charge is 2.34. The Balaban J connectivity index is 1.84. The third-order valence-electron chi connectivity index (χ3n) is 7.37. The largest absolute Gasteiger partial charge is 0.616 e. The number of halogens is 5. The molecule has 2 amide bonds. The van der Waals surface area contributed by atoms with Crippen LogP contribution in [0, 0.1) is 11.6 Å². The van der Waals surface area contributed by atoms with E-state index in [2.05, 4.69) is 5.32 Å². The van der Waals surface area contributed by atoms with Crippen molar-refractivity contribution in [3.63, 3.8) is 0 Å². The minimum atomic E-state index is -4.45. The lowest BCUT2D eigenvalue weighted by Gasteiger charge is -2.31. The van der Waals surface area contributed by atoms with Crippen LogP contribution in [-0.4, -0.2) is 69.0 Å². The first-order valence-electron chi connectivity index (χ1n) is 15.4. The molecule has 0 bridgehead atoms. The second kappa shape index (κ2) is 18.7. The quantitative estimate of drug-likeness (QED) is 0.132. The molecule has 3 aromatic rings. The Labute approximate surface area is 279 Å². The number of amides is 2. The number of hydrogen-bond donors (Lipinski definition) is 3. The number of nitrogens with zero attached hydrogens (tertiary/aromatic N) is 1. The van der Waals surface area contributed by atoms with Crippen LogP contribution in [0.1, 0.15) is 42.0 Å². The Morgan fingerprint density at radius 3 is 2.27 bits per heavy atom. The summed E-state index contributed by atoms with van der Waals surface area (Å²) in [4.78, 5) is 28.1. The molecule has 0 aliphatic rings. The predicted molar refractivity (Wildman–Crippen MR) is 172 cm³/mol. The monoisotopic (exact) mass is 697 g/mol. The highest BCUT2D eigenvalue weighted by Crippen LogP contribution is 2.22. The van der Waals surface area contributed by atoms with E-state index in [4.69, 9.17) is 10.5 Å². The molecule has 0 spiro atoms. The summed E-state index contributed by atoms with van der Waals surface area (Å²) < 4.78 is 83.8. The second-order valence-corrected chi connectivity index (χ2v) is 13.0. The lowest BCUT2D eigenvalue weighted by atomic mass is 10.0. The molecular weight excluding hydrogens is 657 g/mol. The molecule has 0 fully saturated rings. The summed E-state index contributed by atoms with van der Waals surface area (Å²) in [5, 5.41) is 13.5. The number of aliphatic hydroxyl groups excluding tert-OH is 1. The van der Waals surface area contributed by atoms with Crippen molar-refractivity contribution in [1.82, 2.24) is 10.2 Å². The molecule has 4 N–H and O–H groups in total. The summed E-state index contributed by atoms with van der Waals surface area (Å²) >= 11 is -1.96. The van der Waals surface area contributed by atoms with Crippen molar-refractivity contribution < 1.29 is 45.9 Å². The number of aliphatic hydroxyl groups is 1. The van der Waals surface area contributed by atoms with Crippen molar-refractivity contribution in [3.05, 3.63) is 107 Å². The first kappa shape index (κ1) is 38.7. The predicted octanol–water partition coefficient (Wildman–Crippen LogP) is 5.17. The first-order valence-corrected chi connectivity index (χ1v) is 16.9. The van der Waals surface area contributed by atoms with Gasteiger partial charge in [-0.15, -0.1) is 0 Å². The number of rotatable bonds is 17. The van der Waals surface area contributed by atoms with Gasteiger partial charge in [0.2, 0.25) is 0 Å². The van der Waals surface area contributed by atoms with Crippen molar-refractivity contribution in [3.8, 4) is 0 Å². The van der Waals surface area contributed by atoms with Crippen LogP contribution in [0.3, 0.4) is 0 Å². The molecule has 0 saturated carbocycles. The zero-order valence-electron chi connectivity index (χ0n) is 26.4. The lowest BCUT2D eigenvalue weighted by molar-refractivity contribution is -0.135. The van der Waals surface area contributed by atoms with Crippen LogP contribution in [0.2, 0.25) is 0 Å². The number of alkyl halides is 3. The van der Waals surface area contributed by atoms with Gasteiger partial charge in [0.15, 0.2) is 6.04 Å². The Bertz CT molecular complexity index is 1450. The van der Waals surface area contributed by atoms with Gasteiger partial charge in [-0.05, 0) is 47.2 Å². The fraction of sp³-hybridized carbons (Fsp3) is 0.412. The minimum Gasteiger partial charge on any atom is -0.616 e. The minimum absolute atomic E-state index is 0.0804. The zero-order valence-corrected chi connectivity index (χ0v) is 27.2. The number of nitrogens with two attached hydrogens (primary N) is 1. The molecule has 8 nitrogen and oxygen atoms in total. The van der Waals surface area contributed by atoms with E-state index in [1.54, 1.807) is 42.5 Å². The molecule has 3 rings (SSSR count). The van der Waals surface area contributed by atoms with Gasteiger partial charge in [0.25, 0.3) is 5.91 Å². The Kier molecular flexibility index (Phi) is 15.1. The fourth-order valence-electron chi connectivity index (χ4n) is 4.90. The van der Waals surface area contributed by atoms with E-state index in [-0.39, 0.29) is 30.9 Å². The average molecular weight is 698 g/mol. The maximum Gasteiger partial charge on any atom is 0.408 e. The smallest absolute Gasteiger partial charge is 0.408 e. The van der Waals surface area contributed by atoms with E-state index in [1.165, 1.54) is 4.90 Å². The standard InChI is InChI=1S/C34H40F5N3O5S/c1-2-23-10-6-11-25(14-23)19-42(20-31(43)29(40)17-26-15-27(35)18-28(36)16-26)32(44)30(22-48(46)13-7-12-34(37,38)39)41-33(45)47-21-24-8-4-3-5-9-24/h3-6,8-11,14-16,18,29-31,43H,2,7,12-13,17,19-22,40H2,1H3,(H,41,45)/t29-,30+,31+,48?/m0/s1. The molecule has 4 atom stereocenters. The van der Waals surface area contributed by atoms with Crippen LogP contribution in [0.25, 0.3) is 0 Å². The highest BCUT2D eigenvalue weighted by atomic mass is 32.2. The molecule has 1 unspecified atom stereocenters. The Morgan fingerprint density at radius 1 is 0.979 bits per heavy atom. The molecular formula is C34H40F5N3O5S. The topological polar surface area (TPSA) is 128 Å². The molecule has 3 aromatic carbocycles. The van der Waals surface area contributed by atoms with E-state index >= 15 is 0 Å². The van der Waals surface area contributed by atoms with E-state index in [0.29, 0.717) is 23.6 Å². The summed E-state index contributed by atoms with van der Waals surface area (Å²) in [6.45, 7) is 1.31. The maximum atomic E-state index is 14.1. The summed E-state index contributed by atoms with van der Waals surface area (Å²) in [5.41, 5.74) is 8.64. The molecule has 0 aliphatic carbocycles. The summed E-state index contributed by atoms with van der Waals surface area (Å²) in [6.07, 6.45) is -7.95. The number of benzene rings is 3. The van der Waals surface area contributed by atoms with Crippen molar-refractivity contribution >= 4 is 23.2 Å². The van der Waals surface area contributed by atoms with E-state index < -0.39 is 84.3 Å². The van der Waals surface area contributed by atoms with Crippen LogP contribution in [0.5, 0.6) is 0 Å². The van der Waals surface area contributed by atoms with Crippen LogP contribution < -0.4 is 11.1 Å². The molecule has 0 radical (unpaired) electrons. The zero-order chi connectivity index (χ0) is 35.3. The van der Waals surface area contributed by atoms with Crippen LogP contribution in [0.15, 0.2) is 72.8 Å². The lowest BCUT2D eigenvalue weighted by Crippen LogP contribution is -2.55. The van der Waals surface area contributed by atoms with Gasteiger partial charge < -0.3 is 30.3 Å². The van der Waals surface area contributed by atoms with Gasteiger partial charge in [-0.2, -0.15) is 13.2 Å². The van der Waals surface area contributed by atoms with Gasteiger partial charge in [-0.3, -0.25) is 4.79 Å². The van der Waals surface area contributed by atoms with Crippen molar-refractivity contribution in [2.45, 2.75) is 70.1 Å². The summed E-state index contributed by atoms with van der Waals surface area (Å²) in [7, 11) is 0. The molecule has 48 heavy (non-hydrogen) atoms. The van der Waals surface area contributed by atoms with E-state index in [0.717, 1.165) is 17.7 Å². The first-order chi connectivity index (χ1) is 22.7. The molecule has 0 heterocycles. The fourth-order valence-corrected chi connectivity index (χ4v) is 6.13. The van der Waals surface area contributed by atoms with Crippen molar-refractivity contribution in [2.75, 3.05) is 18.1 Å². The average Bonchev–Trinajstić information content (AvgIpc) is 3.02. The highest BCUT2D eigenvalue weighted by molar-refractivity contribution is 7.91. The number of aryl methyl sites for hydroxylation is 1. The molecule has 0 aromatic heterocycles. The van der Waals surface area contributed by atoms with E-state index in [9.17, 15) is 41.2 Å². The molecule has 0 saturated heterocycles. The SMILES string of the molecule is CCc1cccc(CN(C[C@@H](O)[C@@H](N)Cc2cc(F)cc(F)c2)C(=O)[C@@H](C[S+]([O-])CCCC(F)(F)F)NC(=O)OCc2ccccc2)c1. The normalized spacial score (nSPS) is 14.1. The number of alkyl carbamates (subject to hydrolysis) is 1. The van der Waals surface area contributed by atoms with Gasteiger partial charge in [0.05, 0.1) is 6.10 Å². The van der Waals surface area contributed by atoms with Crippen molar-refractivity contribution in [1.29, 1.82) is 0 Å². The molecule has 0 aliphatic heterocycles. The van der Waals surface area contributed by atoms with Gasteiger partial charge in [0, 0.05) is 38.0 Å². The molecule has 262 valence electrons. The second-order valence-electron chi connectivity index (χ2n) is 11.4. The Morgan fingerprint density at radius 2 is 1.62 bits per heavy atom. The third kappa shape index (κ3) is 13.8. The van der Waals surface area contributed by atoms with Crippen molar-refractivity contribution in [2.24, 2.45) is 5.73 Å². The number of ether oxygens (including phenoxy) is 1. The number of carbonyl (C=O) groups is 2. The maximum absolute atomic E-state index is 14.1.